The van der Waals surface area contributed by atoms with Crippen LogP contribution in [0.4, 0.5) is 4.39 Å². The SMILES string of the molecule is CNC(c1ccc(C)c(F)c1)c1cscn1. The zero-order chi connectivity index (χ0) is 11.5. The van der Waals surface area contributed by atoms with Crippen LogP contribution in [-0.4, -0.2) is 12.0 Å². The van der Waals surface area contributed by atoms with Crippen LogP contribution in [0.1, 0.15) is 22.9 Å². The first-order chi connectivity index (χ1) is 7.72. The zero-order valence-electron chi connectivity index (χ0n) is 9.20. The van der Waals surface area contributed by atoms with E-state index in [-0.39, 0.29) is 11.9 Å². The molecule has 2 rings (SSSR count). The van der Waals surface area contributed by atoms with Crippen molar-refractivity contribution in [1.82, 2.24) is 10.3 Å². The molecule has 1 unspecified atom stereocenters. The van der Waals surface area contributed by atoms with Crippen LogP contribution in [-0.2, 0) is 0 Å². The van der Waals surface area contributed by atoms with Gasteiger partial charge in [0.25, 0.3) is 0 Å². The third-order valence-electron chi connectivity index (χ3n) is 2.57. The van der Waals surface area contributed by atoms with Crippen LogP contribution < -0.4 is 5.32 Å². The number of rotatable bonds is 3. The molecule has 0 bridgehead atoms. The lowest BCUT2D eigenvalue weighted by molar-refractivity contribution is 0.606. The normalized spacial score (nSPS) is 12.7. The molecule has 84 valence electrons. The van der Waals surface area contributed by atoms with Crippen molar-refractivity contribution in [3.05, 3.63) is 51.7 Å². The second kappa shape index (κ2) is 4.72. The molecule has 0 fully saturated rings. The Balaban J connectivity index is 2.37. The average Bonchev–Trinajstić information content (AvgIpc) is 2.78. The fraction of sp³-hybridized carbons (Fsp3) is 0.250. The van der Waals surface area contributed by atoms with Crippen LogP contribution in [0.3, 0.4) is 0 Å². The highest BCUT2D eigenvalue weighted by molar-refractivity contribution is 7.07. The van der Waals surface area contributed by atoms with Gasteiger partial charge in [-0.05, 0) is 31.2 Å². The van der Waals surface area contributed by atoms with Gasteiger partial charge in [-0.2, -0.15) is 0 Å². The van der Waals surface area contributed by atoms with Crippen LogP contribution in [0.25, 0.3) is 0 Å². The molecule has 1 heterocycles. The van der Waals surface area contributed by atoms with E-state index in [1.54, 1.807) is 35.9 Å². The molecule has 16 heavy (non-hydrogen) atoms. The Bertz CT molecular complexity index is 468. The zero-order valence-corrected chi connectivity index (χ0v) is 10.0. The lowest BCUT2D eigenvalue weighted by Crippen LogP contribution is -2.18. The van der Waals surface area contributed by atoms with Gasteiger partial charge in [0.05, 0.1) is 17.2 Å². The van der Waals surface area contributed by atoms with Gasteiger partial charge in [-0.3, -0.25) is 0 Å². The summed E-state index contributed by atoms with van der Waals surface area (Å²) >= 11 is 1.54. The van der Waals surface area contributed by atoms with Crippen LogP contribution in [0, 0.1) is 12.7 Å². The highest BCUT2D eigenvalue weighted by Crippen LogP contribution is 2.23. The molecule has 0 radical (unpaired) electrons. The van der Waals surface area contributed by atoms with Gasteiger partial charge in [0.15, 0.2) is 0 Å². The first-order valence-electron chi connectivity index (χ1n) is 5.03. The summed E-state index contributed by atoms with van der Waals surface area (Å²) in [4.78, 5) is 4.25. The minimum Gasteiger partial charge on any atom is -0.308 e. The Kier molecular flexibility index (Phi) is 3.31. The Hall–Kier alpha value is -1.26. The maximum absolute atomic E-state index is 13.5. The lowest BCUT2D eigenvalue weighted by atomic mass is 10.0. The fourth-order valence-corrected chi connectivity index (χ4v) is 2.22. The number of thiazole rings is 1. The van der Waals surface area contributed by atoms with Crippen molar-refractivity contribution in [1.29, 1.82) is 0 Å². The summed E-state index contributed by atoms with van der Waals surface area (Å²) in [5, 5.41) is 5.12. The summed E-state index contributed by atoms with van der Waals surface area (Å²) in [7, 11) is 1.85. The first-order valence-corrected chi connectivity index (χ1v) is 5.98. The van der Waals surface area contributed by atoms with E-state index in [1.165, 1.54) is 0 Å². The summed E-state index contributed by atoms with van der Waals surface area (Å²) in [5.41, 5.74) is 4.27. The van der Waals surface area contributed by atoms with Crippen molar-refractivity contribution in [2.24, 2.45) is 0 Å². The van der Waals surface area contributed by atoms with E-state index in [0.717, 1.165) is 11.3 Å². The standard InChI is InChI=1S/C12H13FN2S/c1-8-3-4-9(5-10(8)13)12(14-2)11-6-16-7-15-11/h3-7,12,14H,1-2H3. The van der Waals surface area contributed by atoms with Crippen LogP contribution in [0.2, 0.25) is 0 Å². The number of aromatic nitrogens is 1. The second-order valence-corrected chi connectivity index (χ2v) is 4.36. The maximum Gasteiger partial charge on any atom is 0.126 e. The molecule has 4 heteroatoms. The van der Waals surface area contributed by atoms with E-state index in [2.05, 4.69) is 10.3 Å². The molecule has 0 aliphatic heterocycles. The first kappa shape index (κ1) is 11.2. The van der Waals surface area contributed by atoms with Crippen molar-refractivity contribution in [2.45, 2.75) is 13.0 Å². The summed E-state index contributed by atoms with van der Waals surface area (Å²) in [6, 6.07) is 5.25. The van der Waals surface area contributed by atoms with E-state index in [9.17, 15) is 4.39 Å². The van der Waals surface area contributed by atoms with E-state index in [1.807, 2.05) is 18.5 Å². The van der Waals surface area contributed by atoms with Gasteiger partial charge in [0, 0.05) is 5.38 Å². The fourth-order valence-electron chi connectivity index (χ4n) is 1.64. The van der Waals surface area contributed by atoms with Gasteiger partial charge in [0.1, 0.15) is 5.82 Å². The van der Waals surface area contributed by atoms with Gasteiger partial charge in [-0.15, -0.1) is 11.3 Å². The third kappa shape index (κ3) is 2.13. The Morgan fingerprint density at radius 2 is 2.25 bits per heavy atom. The predicted molar refractivity (Wildman–Crippen MR) is 64.2 cm³/mol. The van der Waals surface area contributed by atoms with Gasteiger partial charge >= 0.3 is 0 Å². The number of hydrogen-bond donors (Lipinski definition) is 1. The summed E-state index contributed by atoms with van der Waals surface area (Å²) in [6.45, 7) is 1.76. The number of hydrogen-bond acceptors (Lipinski definition) is 3. The minimum absolute atomic E-state index is 0.0404. The molecule has 1 aromatic heterocycles. The molecule has 1 N–H and O–H groups in total. The smallest absolute Gasteiger partial charge is 0.126 e. The highest BCUT2D eigenvalue weighted by atomic mass is 32.1. The molecular weight excluding hydrogens is 223 g/mol. The highest BCUT2D eigenvalue weighted by Gasteiger charge is 2.14. The van der Waals surface area contributed by atoms with Gasteiger partial charge in [-0.1, -0.05) is 12.1 Å². The number of nitrogens with one attached hydrogen (secondary N) is 1. The molecule has 0 aliphatic carbocycles. The van der Waals surface area contributed by atoms with E-state index in [0.29, 0.717) is 5.56 Å². The molecule has 0 saturated heterocycles. The minimum atomic E-state index is -0.173. The number of benzene rings is 1. The largest absolute Gasteiger partial charge is 0.308 e. The van der Waals surface area contributed by atoms with Crippen LogP contribution >= 0.6 is 11.3 Å². The van der Waals surface area contributed by atoms with E-state index < -0.39 is 0 Å². The molecule has 0 saturated carbocycles. The van der Waals surface area contributed by atoms with E-state index >= 15 is 0 Å². The molecular formula is C12H13FN2S. The molecule has 2 nitrogen and oxygen atoms in total. The third-order valence-corrected chi connectivity index (χ3v) is 3.17. The monoisotopic (exact) mass is 236 g/mol. The Morgan fingerprint density at radius 1 is 1.44 bits per heavy atom. The topological polar surface area (TPSA) is 24.9 Å². The van der Waals surface area contributed by atoms with Crippen molar-refractivity contribution in [2.75, 3.05) is 7.05 Å². The number of nitrogens with zero attached hydrogens (tertiary/aromatic N) is 1. The average molecular weight is 236 g/mol. The summed E-state index contributed by atoms with van der Waals surface area (Å²) < 4.78 is 13.5. The quantitative estimate of drug-likeness (QED) is 0.886. The summed E-state index contributed by atoms with van der Waals surface area (Å²) in [6.07, 6.45) is 0. The predicted octanol–water partition coefficient (Wildman–Crippen LogP) is 2.90. The summed E-state index contributed by atoms with van der Waals surface area (Å²) in [5.74, 6) is -0.173. The molecule has 1 atom stereocenters. The van der Waals surface area contributed by atoms with Crippen molar-refractivity contribution >= 4 is 11.3 Å². The second-order valence-electron chi connectivity index (χ2n) is 3.64. The van der Waals surface area contributed by atoms with Crippen molar-refractivity contribution < 1.29 is 4.39 Å². The van der Waals surface area contributed by atoms with Crippen LogP contribution in [0.5, 0.6) is 0 Å². The van der Waals surface area contributed by atoms with Gasteiger partial charge in [0.2, 0.25) is 0 Å². The molecule has 0 aliphatic rings. The van der Waals surface area contributed by atoms with Crippen LogP contribution in [0.15, 0.2) is 29.1 Å². The molecule has 0 amide bonds. The van der Waals surface area contributed by atoms with Crippen molar-refractivity contribution in [3.63, 3.8) is 0 Å². The lowest BCUT2D eigenvalue weighted by Gasteiger charge is -2.14. The van der Waals surface area contributed by atoms with Gasteiger partial charge in [-0.25, -0.2) is 9.37 Å². The molecule has 2 aromatic rings. The Labute approximate surface area is 98.2 Å². The van der Waals surface area contributed by atoms with Crippen molar-refractivity contribution in [3.8, 4) is 0 Å². The van der Waals surface area contributed by atoms with E-state index in [4.69, 9.17) is 0 Å². The van der Waals surface area contributed by atoms with Gasteiger partial charge < -0.3 is 5.32 Å². The molecule has 1 aromatic carbocycles. The Morgan fingerprint density at radius 3 is 2.81 bits per heavy atom. The maximum atomic E-state index is 13.5. The molecule has 0 spiro atoms. The number of halogens is 1. The number of aryl methyl sites for hydroxylation is 1.